The molecule has 1 atom stereocenters. The Morgan fingerprint density at radius 3 is 2.77 bits per heavy atom. The van der Waals surface area contributed by atoms with Gasteiger partial charge in [0.2, 0.25) is 0 Å². The van der Waals surface area contributed by atoms with Gasteiger partial charge < -0.3 is 24.1 Å². The zero-order valence-electron chi connectivity index (χ0n) is 21.4. The molecule has 3 aromatic rings. The van der Waals surface area contributed by atoms with Crippen molar-refractivity contribution in [3.05, 3.63) is 65.6 Å². The van der Waals surface area contributed by atoms with E-state index in [1.165, 1.54) is 15.8 Å². The van der Waals surface area contributed by atoms with Crippen molar-refractivity contribution in [2.24, 2.45) is 0 Å². The molecule has 4 heterocycles. The average Bonchev–Trinajstić information content (AvgIpc) is 3.31. The number of hydrogen-bond acceptors (Lipinski definition) is 9. The summed E-state index contributed by atoms with van der Waals surface area (Å²) in [5, 5.41) is 4.40. The summed E-state index contributed by atoms with van der Waals surface area (Å²) in [5.41, 5.74) is 2.47. The third kappa shape index (κ3) is 5.48. The fourth-order valence-corrected chi connectivity index (χ4v) is 6.13. The fraction of sp³-hybridized carbons (Fsp3) is 0.345. The Morgan fingerprint density at radius 1 is 0.949 bits per heavy atom. The number of thiophene rings is 1. The van der Waals surface area contributed by atoms with Crippen LogP contribution in [-0.4, -0.2) is 68.2 Å². The van der Waals surface area contributed by atoms with Crippen LogP contribution in [-0.2, 0) is 30.4 Å². The number of ether oxygens (including phenoxy) is 2. The van der Waals surface area contributed by atoms with Gasteiger partial charge in [0.25, 0.3) is 0 Å². The first-order valence-electron chi connectivity index (χ1n) is 13.2. The Hall–Kier alpha value is -3.89. The molecule has 3 aliphatic heterocycles. The SMILES string of the molecule is O=C1/C=C/C(=O)ON2C(=O)C(Cc3ccc(OCCCN4CCCN(c5cccc6sccc56)CC4)cc32)O1. The Kier molecular flexibility index (Phi) is 7.21. The van der Waals surface area contributed by atoms with Crippen molar-refractivity contribution in [2.75, 3.05) is 49.3 Å². The largest absolute Gasteiger partial charge is 0.493 e. The Labute approximate surface area is 230 Å². The van der Waals surface area contributed by atoms with Crippen molar-refractivity contribution in [3.63, 3.8) is 0 Å². The second-order valence-electron chi connectivity index (χ2n) is 9.79. The molecule has 9 nitrogen and oxygen atoms in total. The summed E-state index contributed by atoms with van der Waals surface area (Å²) in [6, 6.07) is 14.1. The van der Waals surface area contributed by atoms with E-state index in [1.807, 2.05) is 12.1 Å². The highest BCUT2D eigenvalue weighted by Gasteiger charge is 2.38. The Bertz CT molecular complexity index is 1440. The lowest BCUT2D eigenvalue weighted by Crippen LogP contribution is -2.46. The van der Waals surface area contributed by atoms with Crippen LogP contribution in [0, 0.1) is 0 Å². The van der Waals surface area contributed by atoms with Gasteiger partial charge in [-0.05, 0) is 54.6 Å². The van der Waals surface area contributed by atoms with E-state index >= 15 is 0 Å². The van der Waals surface area contributed by atoms with Crippen molar-refractivity contribution in [3.8, 4) is 5.75 Å². The summed E-state index contributed by atoms with van der Waals surface area (Å²) < 4.78 is 12.5. The molecule has 1 saturated heterocycles. The predicted octanol–water partition coefficient (Wildman–Crippen LogP) is 3.71. The minimum atomic E-state index is -1.05. The molecule has 0 aliphatic carbocycles. The van der Waals surface area contributed by atoms with Crippen LogP contribution in [0.5, 0.6) is 5.75 Å². The van der Waals surface area contributed by atoms with Crippen molar-refractivity contribution < 1.29 is 28.7 Å². The number of carbonyl (C=O) groups excluding carboxylic acids is 3. The third-order valence-corrected chi connectivity index (χ3v) is 8.12. The summed E-state index contributed by atoms with van der Waals surface area (Å²) >= 11 is 1.79. The number of rotatable bonds is 6. The summed E-state index contributed by atoms with van der Waals surface area (Å²) in [5.74, 6) is -1.61. The topological polar surface area (TPSA) is 88.6 Å². The number of carbonyl (C=O) groups is 3. The van der Waals surface area contributed by atoms with Crippen LogP contribution in [0.1, 0.15) is 18.4 Å². The van der Waals surface area contributed by atoms with Gasteiger partial charge in [-0.25, -0.2) is 9.59 Å². The maximum atomic E-state index is 12.8. The van der Waals surface area contributed by atoms with Gasteiger partial charge in [-0.15, -0.1) is 16.4 Å². The number of hydroxylamine groups is 1. The van der Waals surface area contributed by atoms with E-state index in [0.29, 0.717) is 18.0 Å². The van der Waals surface area contributed by atoms with Crippen molar-refractivity contribution >= 4 is 50.6 Å². The van der Waals surface area contributed by atoms with Gasteiger partial charge >= 0.3 is 17.8 Å². The van der Waals surface area contributed by atoms with E-state index in [2.05, 4.69) is 39.4 Å². The summed E-state index contributed by atoms with van der Waals surface area (Å²) in [6.07, 6.45) is 3.03. The summed E-state index contributed by atoms with van der Waals surface area (Å²) in [7, 11) is 0. The molecule has 2 bridgehead atoms. The molecule has 0 spiro atoms. The normalized spacial score (nSPS) is 20.8. The minimum Gasteiger partial charge on any atom is -0.493 e. The molecule has 0 N–H and O–H groups in total. The third-order valence-electron chi connectivity index (χ3n) is 7.24. The zero-order valence-corrected chi connectivity index (χ0v) is 22.2. The maximum absolute atomic E-state index is 12.8. The van der Waals surface area contributed by atoms with Gasteiger partial charge in [0.15, 0.2) is 6.10 Å². The Balaban J connectivity index is 1.04. The molecule has 1 unspecified atom stereocenters. The number of hydrogen-bond donors (Lipinski definition) is 0. The van der Waals surface area contributed by atoms with Gasteiger partial charge in [0.05, 0.1) is 12.3 Å². The average molecular weight is 548 g/mol. The van der Waals surface area contributed by atoms with Crippen LogP contribution in [0.25, 0.3) is 10.1 Å². The van der Waals surface area contributed by atoms with E-state index in [1.54, 1.807) is 17.4 Å². The molecule has 3 aliphatic rings. The molecule has 2 aromatic carbocycles. The van der Waals surface area contributed by atoms with Crippen molar-refractivity contribution in [1.82, 2.24) is 4.90 Å². The highest BCUT2D eigenvalue weighted by Crippen LogP contribution is 2.34. The molecular formula is C29H29N3O6S. The lowest BCUT2D eigenvalue weighted by atomic mass is 10.00. The summed E-state index contributed by atoms with van der Waals surface area (Å²) in [6.45, 7) is 5.55. The van der Waals surface area contributed by atoms with Gasteiger partial charge in [-0.1, -0.05) is 12.1 Å². The molecule has 0 saturated carbocycles. The molecule has 0 radical (unpaired) electrons. The van der Waals surface area contributed by atoms with Crippen LogP contribution < -0.4 is 14.7 Å². The van der Waals surface area contributed by atoms with Gasteiger partial charge in [0.1, 0.15) is 5.75 Å². The predicted molar refractivity (Wildman–Crippen MR) is 148 cm³/mol. The lowest BCUT2D eigenvalue weighted by Gasteiger charge is -2.31. The molecular weight excluding hydrogens is 518 g/mol. The first kappa shape index (κ1) is 25.4. The fourth-order valence-electron chi connectivity index (χ4n) is 5.32. The number of nitrogens with zero attached hydrogens (tertiary/aromatic N) is 3. The highest BCUT2D eigenvalue weighted by atomic mass is 32.1. The summed E-state index contributed by atoms with van der Waals surface area (Å²) in [4.78, 5) is 46.9. The van der Waals surface area contributed by atoms with Crippen molar-refractivity contribution in [2.45, 2.75) is 25.4 Å². The van der Waals surface area contributed by atoms with Crippen LogP contribution in [0.2, 0.25) is 0 Å². The molecule has 1 amide bonds. The molecule has 1 fully saturated rings. The monoisotopic (exact) mass is 547 g/mol. The minimum absolute atomic E-state index is 0.203. The van der Waals surface area contributed by atoms with Gasteiger partial charge in [-0.3, -0.25) is 4.79 Å². The molecule has 10 heteroatoms. The molecule has 202 valence electrons. The molecule has 6 rings (SSSR count). The van der Waals surface area contributed by atoms with Crippen LogP contribution in [0.15, 0.2) is 60.0 Å². The maximum Gasteiger partial charge on any atom is 0.356 e. The number of amides is 1. The van der Waals surface area contributed by atoms with E-state index in [9.17, 15) is 14.4 Å². The second kappa shape index (κ2) is 11.1. The first-order valence-corrected chi connectivity index (χ1v) is 14.1. The quantitative estimate of drug-likeness (QED) is 0.341. The van der Waals surface area contributed by atoms with Gasteiger partial charge in [0, 0.05) is 66.6 Å². The number of fused-ring (bicyclic) bond motifs is 5. The van der Waals surface area contributed by atoms with Crippen molar-refractivity contribution in [1.29, 1.82) is 0 Å². The standard InChI is InChI=1S/C29H29N3O6S/c33-27-8-9-28(34)38-32-24-19-21(7-6-20(24)18-25(37-27)29(32)35)36-16-3-12-30-11-2-13-31(15-14-30)23-4-1-5-26-22(23)10-17-39-26/h1,4-10,17,19,25H,2-3,11-16,18H2/b9-8+. The zero-order chi connectivity index (χ0) is 26.8. The Morgan fingerprint density at radius 2 is 1.85 bits per heavy atom. The van der Waals surface area contributed by atoms with Crippen LogP contribution in [0.4, 0.5) is 11.4 Å². The highest BCUT2D eigenvalue weighted by molar-refractivity contribution is 7.17. The van der Waals surface area contributed by atoms with Crippen LogP contribution >= 0.6 is 11.3 Å². The van der Waals surface area contributed by atoms with E-state index < -0.39 is 23.9 Å². The molecule has 39 heavy (non-hydrogen) atoms. The van der Waals surface area contributed by atoms with E-state index in [-0.39, 0.29) is 6.42 Å². The smallest absolute Gasteiger partial charge is 0.356 e. The first-order chi connectivity index (χ1) is 19.0. The van der Waals surface area contributed by atoms with Crippen LogP contribution in [0.3, 0.4) is 0 Å². The molecule has 1 aromatic heterocycles. The number of anilines is 2. The number of esters is 1. The van der Waals surface area contributed by atoms with Gasteiger partial charge in [-0.2, -0.15) is 0 Å². The lowest BCUT2D eigenvalue weighted by molar-refractivity contribution is -0.156. The second-order valence-corrected chi connectivity index (χ2v) is 10.7. The van der Waals surface area contributed by atoms with E-state index in [4.69, 9.17) is 14.3 Å². The van der Waals surface area contributed by atoms with E-state index in [0.717, 1.165) is 68.3 Å². The number of benzene rings is 2.